The van der Waals surface area contributed by atoms with Gasteiger partial charge < -0.3 is 5.32 Å². The number of sulfonamides is 1. The van der Waals surface area contributed by atoms with Gasteiger partial charge in [-0.15, -0.1) is 0 Å². The average Bonchev–Trinajstić information content (AvgIpc) is 2.67. The van der Waals surface area contributed by atoms with Crippen LogP contribution in [0.2, 0.25) is 5.02 Å². The van der Waals surface area contributed by atoms with E-state index in [4.69, 9.17) is 11.6 Å². The molecule has 5 aliphatic rings. The number of hydrogen-bond acceptors (Lipinski definition) is 3. The van der Waals surface area contributed by atoms with Gasteiger partial charge in [0, 0.05) is 23.7 Å². The summed E-state index contributed by atoms with van der Waals surface area (Å²) in [6.07, 6.45) is 8.83. The molecule has 1 aromatic carbocycles. The summed E-state index contributed by atoms with van der Waals surface area (Å²) in [5.74, 6) is 2.11. The zero-order chi connectivity index (χ0) is 20.2. The SMILES string of the molecule is O=C(NC12CC3CC(CC(C3)C1)C2)[C@H]1CCCN(S(=O)(=O)c2ccc(Cl)cc2)C1. The second-order valence-corrected chi connectivity index (χ2v) is 12.2. The lowest BCUT2D eigenvalue weighted by Gasteiger charge is -2.57. The first-order valence-electron chi connectivity index (χ1n) is 10.9. The molecule has 0 aromatic heterocycles. The summed E-state index contributed by atoms with van der Waals surface area (Å²) in [5, 5.41) is 3.95. The van der Waals surface area contributed by atoms with Gasteiger partial charge in [-0.05, 0) is 93.4 Å². The molecule has 1 amide bonds. The fourth-order valence-corrected chi connectivity index (χ4v) is 8.41. The van der Waals surface area contributed by atoms with Crippen LogP contribution in [0.1, 0.15) is 51.4 Å². The van der Waals surface area contributed by atoms with E-state index in [1.54, 1.807) is 12.1 Å². The zero-order valence-corrected chi connectivity index (χ0v) is 18.2. The van der Waals surface area contributed by atoms with Crippen LogP contribution in [-0.2, 0) is 14.8 Å². The quantitative estimate of drug-likeness (QED) is 0.780. The summed E-state index contributed by atoms with van der Waals surface area (Å²) in [6.45, 7) is 0.731. The van der Waals surface area contributed by atoms with Gasteiger partial charge in [-0.3, -0.25) is 4.79 Å². The highest BCUT2D eigenvalue weighted by molar-refractivity contribution is 7.89. The largest absolute Gasteiger partial charge is 0.350 e. The van der Waals surface area contributed by atoms with Crippen LogP contribution in [0.3, 0.4) is 0 Å². The van der Waals surface area contributed by atoms with Crippen LogP contribution in [0, 0.1) is 23.7 Å². The molecule has 5 nitrogen and oxygen atoms in total. The van der Waals surface area contributed by atoms with Crippen molar-refractivity contribution in [2.75, 3.05) is 13.1 Å². The maximum Gasteiger partial charge on any atom is 0.243 e. The average molecular weight is 437 g/mol. The molecule has 0 unspecified atom stereocenters. The third-order valence-corrected chi connectivity index (χ3v) is 9.76. The van der Waals surface area contributed by atoms with E-state index in [-0.39, 0.29) is 28.8 Å². The van der Waals surface area contributed by atoms with Crippen molar-refractivity contribution in [3.63, 3.8) is 0 Å². The van der Waals surface area contributed by atoms with Gasteiger partial charge in [0.05, 0.1) is 10.8 Å². The fraction of sp³-hybridized carbons (Fsp3) is 0.682. The van der Waals surface area contributed by atoms with Gasteiger partial charge in [-0.25, -0.2) is 8.42 Å². The molecular formula is C22H29ClN2O3S. The number of rotatable bonds is 4. The molecule has 6 rings (SSSR count). The Labute approximate surface area is 178 Å². The van der Waals surface area contributed by atoms with Crippen molar-refractivity contribution < 1.29 is 13.2 Å². The van der Waals surface area contributed by atoms with Crippen molar-refractivity contribution >= 4 is 27.5 Å². The van der Waals surface area contributed by atoms with E-state index >= 15 is 0 Å². The number of halogens is 1. The van der Waals surface area contributed by atoms with Gasteiger partial charge in [0.15, 0.2) is 0 Å². The number of piperidine rings is 1. The highest BCUT2D eigenvalue weighted by atomic mass is 35.5. The summed E-state index contributed by atoms with van der Waals surface area (Å²) in [7, 11) is -3.60. The van der Waals surface area contributed by atoms with Gasteiger partial charge in [-0.2, -0.15) is 4.31 Å². The molecule has 7 heteroatoms. The number of hydrogen-bond donors (Lipinski definition) is 1. The van der Waals surface area contributed by atoms with Crippen LogP contribution in [0.5, 0.6) is 0 Å². The Hall–Kier alpha value is -1.11. The third kappa shape index (κ3) is 3.72. The number of benzene rings is 1. The van der Waals surface area contributed by atoms with Crippen molar-refractivity contribution in [3.8, 4) is 0 Å². The van der Waals surface area contributed by atoms with E-state index in [0.717, 1.165) is 43.4 Å². The molecule has 4 bridgehead atoms. The minimum Gasteiger partial charge on any atom is -0.350 e. The first kappa shape index (κ1) is 19.8. The van der Waals surface area contributed by atoms with Crippen molar-refractivity contribution in [2.24, 2.45) is 23.7 Å². The predicted octanol–water partition coefficient (Wildman–Crippen LogP) is 3.83. The second kappa shape index (κ2) is 7.24. The van der Waals surface area contributed by atoms with Crippen LogP contribution in [-0.4, -0.2) is 37.3 Å². The minimum atomic E-state index is -3.60. The molecule has 0 radical (unpaired) electrons. The minimum absolute atomic E-state index is 0.0246. The lowest BCUT2D eigenvalue weighted by Crippen LogP contribution is -2.61. The summed E-state index contributed by atoms with van der Waals surface area (Å²) >= 11 is 5.90. The molecule has 1 aliphatic heterocycles. The Bertz CT molecular complexity index is 864. The van der Waals surface area contributed by atoms with Gasteiger partial charge in [-0.1, -0.05) is 11.6 Å². The van der Waals surface area contributed by atoms with Crippen molar-refractivity contribution in [3.05, 3.63) is 29.3 Å². The first-order chi connectivity index (χ1) is 13.8. The first-order valence-corrected chi connectivity index (χ1v) is 12.7. The molecule has 1 aromatic rings. The highest BCUT2D eigenvalue weighted by Crippen LogP contribution is 2.55. The summed E-state index contributed by atoms with van der Waals surface area (Å²) < 4.78 is 27.5. The smallest absolute Gasteiger partial charge is 0.243 e. The number of amides is 1. The Balaban J connectivity index is 1.28. The van der Waals surface area contributed by atoms with Crippen LogP contribution in [0.4, 0.5) is 0 Å². The number of carbonyl (C=O) groups excluding carboxylic acids is 1. The van der Waals surface area contributed by atoms with Crippen molar-refractivity contribution in [1.29, 1.82) is 0 Å². The van der Waals surface area contributed by atoms with E-state index in [1.807, 2.05) is 0 Å². The summed E-state index contributed by atoms with van der Waals surface area (Å²) in [6, 6.07) is 6.26. The molecule has 1 N–H and O–H groups in total. The van der Waals surface area contributed by atoms with Gasteiger partial charge in [0.25, 0.3) is 0 Å². The Morgan fingerprint density at radius 3 is 2.21 bits per heavy atom. The van der Waals surface area contributed by atoms with Crippen LogP contribution >= 0.6 is 11.6 Å². The molecule has 1 heterocycles. The van der Waals surface area contributed by atoms with E-state index in [0.29, 0.717) is 18.0 Å². The van der Waals surface area contributed by atoms with Crippen LogP contribution < -0.4 is 5.32 Å². The molecule has 4 saturated carbocycles. The van der Waals surface area contributed by atoms with Crippen molar-refractivity contribution in [1.82, 2.24) is 9.62 Å². The standard InChI is InChI=1S/C22H29ClN2O3S/c23-19-3-5-20(6-4-19)29(27,28)25-7-1-2-18(14-25)21(26)24-22-11-15-8-16(12-22)10-17(9-15)13-22/h3-6,15-18H,1-2,7-14H2,(H,24,26)/t15?,16?,17?,18-,22?/m0/s1. The van der Waals surface area contributed by atoms with E-state index in [1.165, 1.54) is 35.7 Å². The Morgan fingerprint density at radius 2 is 1.62 bits per heavy atom. The fourth-order valence-electron chi connectivity index (χ4n) is 6.76. The Kier molecular flexibility index (Phi) is 4.95. The third-order valence-electron chi connectivity index (χ3n) is 7.63. The zero-order valence-electron chi connectivity index (χ0n) is 16.6. The number of carbonyl (C=O) groups is 1. The van der Waals surface area contributed by atoms with E-state index < -0.39 is 10.0 Å². The monoisotopic (exact) mass is 436 g/mol. The summed E-state index contributed by atoms with van der Waals surface area (Å²) in [4.78, 5) is 13.4. The molecule has 158 valence electrons. The highest BCUT2D eigenvalue weighted by Gasteiger charge is 2.52. The lowest BCUT2D eigenvalue weighted by molar-refractivity contribution is -0.131. The molecule has 0 spiro atoms. The molecule has 1 atom stereocenters. The van der Waals surface area contributed by atoms with E-state index in [2.05, 4.69) is 5.32 Å². The summed E-state index contributed by atoms with van der Waals surface area (Å²) in [5.41, 5.74) is -0.0246. The second-order valence-electron chi connectivity index (χ2n) is 9.84. The number of nitrogens with one attached hydrogen (secondary N) is 1. The van der Waals surface area contributed by atoms with Crippen LogP contribution in [0.15, 0.2) is 29.2 Å². The Morgan fingerprint density at radius 1 is 1.03 bits per heavy atom. The molecule has 5 fully saturated rings. The maximum absolute atomic E-state index is 13.2. The maximum atomic E-state index is 13.2. The topological polar surface area (TPSA) is 66.5 Å². The van der Waals surface area contributed by atoms with Gasteiger partial charge in [0.1, 0.15) is 0 Å². The van der Waals surface area contributed by atoms with Crippen molar-refractivity contribution in [2.45, 2.75) is 61.8 Å². The van der Waals surface area contributed by atoms with Gasteiger partial charge >= 0.3 is 0 Å². The van der Waals surface area contributed by atoms with Gasteiger partial charge in [0.2, 0.25) is 15.9 Å². The molecular weight excluding hydrogens is 408 g/mol. The normalized spacial score (nSPS) is 36.9. The molecule has 4 aliphatic carbocycles. The van der Waals surface area contributed by atoms with E-state index in [9.17, 15) is 13.2 Å². The lowest BCUT2D eigenvalue weighted by atomic mass is 9.53. The molecule has 29 heavy (non-hydrogen) atoms. The molecule has 1 saturated heterocycles. The van der Waals surface area contributed by atoms with Crippen LogP contribution in [0.25, 0.3) is 0 Å². The predicted molar refractivity (Wildman–Crippen MR) is 112 cm³/mol. The number of nitrogens with zero attached hydrogens (tertiary/aromatic N) is 1.